The van der Waals surface area contributed by atoms with Crippen LogP contribution in [0.15, 0.2) is 0 Å². The zero-order valence-electron chi connectivity index (χ0n) is 11.5. The van der Waals surface area contributed by atoms with Crippen LogP contribution in [0.1, 0.15) is 12.8 Å². The third-order valence-electron chi connectivity index (χ3n) is 2.29. The molecule has 1 radical (unpaired) electrons. The number of carboxylic acids is 1. The Kier molecular flexibility index (Phi) is 8.65. The summed E-state index contributed by atoms with van der Waals surface area (Å²) >= 11 is 0. The molecule has 2 atom stereocenters. The topological polar surface area (TPSA) is 169 Å². The fourth-order valence-corrected chi connectivity index (χ4v) is 1.23. The fourth-order valence-electron chi connectivity index (χ4n) is 1.23. The van der Waals surface area contributed by atoms with Crippen molar-refractivity contribution in [3.63, 3.8) is 0 Å². The number of carbonyl (C=O) groups excluding carboxylic acids is 3. The molecule has 10 heteroatoms. The van der Waals surface area contributed by atoms with Crippen LogP contribution < -0.4 is 16.8 Å². The van der Waals surface area contributed by atoms with Gasteiger partial charge in [0.05, 0.1) is 25.5 Å². The average molecular weight is 304 g/mol. The van der Waals surface area contributed by atoms with Crippen LogP contribution in [0.5, 0.6) is 0 Å². The number of methoxy groups -OCH3 is 1. The number of hydrogen-bond donors (Lipinski definition) is 3. The van der Waals surface area contributed by atoms with Crippen LogP contribution in [0.2, 0.25) is 0 Å². The Labute approximate surface area is 120 Å². The molecule has 2 unspecified atom stereocenters. The van der Waals surface area contributed by atoms with Crippen molar-refractivity contribution in [3.8, 4) is 0 Å². The zero-order valence-corrected chi connectivity index (χ0v) is 11.5. The minimum absolute atomic E-state index is 0.0104. The summed E-state index contributed by atoms with van der Waals surface area (Å²) in [5, 5.41) is 10.6. The SMILES string of the molecule is COCCOC(=O)CC(N)C(=O)NC(CC(=O)O)C([NH])=O. The van der Waals surface area contributed by atoms with E-state index in [2.05, 4.69) is 4.74 Å². The molecule has 0 rings (SSSR count). The Morgan fingerprint density at radius 1 is 1.24 bits per heavy atom. The highest BCUT2D eigenvalue weighted by atomic mass is 16.6. The van der Waals surface area contributed by atoms with E-state index in [1.807, 2.05) is 5.32 Å². The predicted molar refractivity (Wildman–Crippen MR) is 67.7 cm³/mol. The van der Waals surface area contributed by atoms with E-state index in [1.54, 1.807) is 0 Å². The molecule has 0 aromatic carbocycles. The summed E-state index contributed by atoms with van der Waals surface area (Å²) in [6.45, 7) is 0.206. The van der Waals surface area contributed by atoms with Gasteiger partial charge in [0.15, 0.2) is 0 Å². The largest absolute Gasteiger partial charge is 0.481 e. The van der Waals surface area contributed by atoms with Gasteiger partial charge >= 0.3 is 11.9 Å². The summed E-state index contributed by atoms with van der Waals surface area (Å²) in [5.74, 6) is -4.26. The Morgan fingerprint density at radius 2 is 1.86 bits per heavy atom. The molecule has 2 amide bonds. The molecule has 0 aliphatic rings. The average Bonchev–Trinajstić information content (AvgIpc) is 2.37. The van der Waals surface area contributed by atoms with Gasteiger partial charge < -0.3 is 25.6 Å². The highest BCUT2D eigenvalue weighted by Crippen LogP contribution is 1.97. The summed E-state index contributed by atoms with van der Waals surface area (Å²) in [6.07, 6.45) is -1.18. The summed E-state index contributed by atoms with van der Waals surface area (Å²) < 4.78 is 9.36. The second-order valence-electron chi connectivity index (χ2n) is 4.05. The molecule has 21 heavy (non-hydrogen) atoms. The third-order valence-corrected chi connectivity index (χ3v) is 2.29. The number of carbonyl (C=O) groups is 4. The molecule has 0 spiro atoms. The van der Waals surface area contributed by atoms with Gasteiger partial charge in [-0.3, -0.25) is 24.9 Å². The Hall–Kier alpha value is -2.20. The number of nitrogens with one attached hydrogen (secondary N) is 2. The van der Waals surface area contributed by atoms with E-state index < -0.39 is 48.7 Å². The van der Waals surface area contributed by atoms with Crippen LogP contribution in [-0.2, 0) is 28.7 Å². The second-order valence-corrected chi connectivity index (χ2v) is 4.05. The molecule has 0 heterocycles. The van der Waals surface area contributed by atoms with E-state index >= 15 is 0 Å². The van der Waals surface area contributed by atoms with Gasteiger partial charge in [-0.15, -0.1) is 0 Å². The quantitative estimate of drug-likeness (QED) is 0.298. The minimum Gasteiger partial charge on any atom is -0.481 e. The molecule has 0 aliphatic heterocycles. The maximum atomic E-state index is 11.6. The number of amides is 2. The van der Waals surface area contributed by atoms with Gasteiger partial charge in [0.25, 0.3) is 5.91 Å². The highest BCUT2D eigenvalue weighted by molar-refractivity contribution is 5.92. The first-order chi connectivity index (χ1) is 9.77. The van der Waals surface area contributed by atoms with Gasteiger partial charge in [-0.1, -0.05) is 0 Å². The van der Waals surface area contributed by atoms with Crippen molar-refractivity contribution in [2.24, 2.45) is 5.73 Å². The van der Waals surface area contributed by atoms with Crippen molar-refractivity contribution in [2.45, 2.75) is 24.9 Å². The Bertz CT molecular complexity index is 399. The molecule has 0 bridgehead atoms. The standard InChI is InChI=1S/C11H18N3O7/c1-20-2-3-21-9(17)4-6(12)11(19)14-7(10(13)18)5-8(15)16/h6-7,13H,2-5,12H2,1H3,(H,14,19)(H,15,16). The molecule has 0 saturated carbocycles. The molecule has 119 valence electrons. The third kappa shape index (κ3) is 8.55. The zero-order chi connectivity index (χ0) is 16.4. The van der Waals surface area contributed by atoms with Crippen molar-refractivity contribution in [2.75, 3.05) is 20.3 Å². The summed E-state index contributed by atoms with van der Waals surface area (Å²) in [5.41, 5.74) is 12.3. The van der Waals surface area contributed by atoms with Crippen LogP contribution in [0, 0.1) is 0 Å². The Balaban J connectivity index is 4.32. The lowest BCUT2D eigenvalue weighted by molar-refractivity contribution is -0.147. The first-order valence-electron chi connectivity index (χ1n) is 5.95. The van der Waals surface area contributed by atoms with Crippen molar-refractivity contribution in [1.29, 1.82) is 0 Å². The van der Waals surface area contributed by atoms with Gasteiger partial charge in [0, 0.05) is 7.11 Å². The summed E-state index contributed by atoms with van der Waals surface area (Å²) in [7, 11) is 1.42. The fraction of sp³-hybridized carbons (Fsp3) is 0.636. The van der Waals surface area contributed by atoms with Crippen LogP contribution in [0.4, 0.5) is 0 Å². The van der Waals surface area contributed by atoms with Gasteiger partial charge in [0.1, 0.15) is 12.6 Å². The Morgan fingerprint density at radius 3 is 2.33 bits per heavy atom. The number of carboxylic acid groups (broad SMARTS) is 1. The molecular formula is C11H18N3O7. The molecular weight excluding hydrogens is 286 g/mol. The normalized spacial score (nSPS) is 13.0. The minimum atomic E-state index is -1.51. The molecule has 0 aliphatic carbocycles. The number of hydrogen-bond acceptors (Lipinski definition) is 7. The van der Waals surface area contributed by atoms with Gasteiger partial charge in [0.2, 0.25) is 5.91 Å². The maximum absolute atomic E-state index is 11.6. The van der Waals surface area contributed by atoms with Crippen LogP contribution in [0.3, 0.4) is 0 Å². The van der Waals surface area contributed by atoms with Gasteiger partial charge in [-0.2, -0.15) is 0 Å². The maximum Gasteiger partial charge on any atom is 0.307 e. The van der Waals surface area contributed by atoms with E-state index in [-0.39, 0.29) is 13.2 Å². The monoisotopic (exact) mass is 304 g/mol. The van der Waals surface area contributed by atoms with Crippen molar-refractivity contribution >= 4 is 23.8 Å². The molecule has 5 N–H and O–H groups in total. The van der Waals surface area contributed by atoms with E-state index in [9.17, 15) is 19.2 Å². The van der Waals surface area contributed by atoms with E-state index in [1.165, 1.54) is 7.11 Å². The molecule has 10 nitrogen and oxygen atoms in total. The molecule has 0 aromatic heterocycles. The van der Waals surface area contributed by atoms with E-state index in [0.717, 1.165) is 0 Å². The van der Waals surface area contributed by atoms with Gasteiger partial charge in [-0.25, -0.2) is 0 Å². The second kappa shape index (κ2) is 9.66. The van der Waals surface area contributed by atoms with Crippen molar-refractivity contribution in [1.82, 2.24) is 11.1 Å². The lowest BCUT2D eigenvalue weighted by Gasteiger charge is -2.16. The van der Waals surface area contributed by atoms with E-state index in [4.69, 9.17) is 21.3 Å². The van der Waals surface area contributed by atoms with Gasteiger partial charge in [-0.05, 0) is 0 Å². The molecule has 0 aromatic rings. The first kappa shape index (κ1) is 18.8. The molecule has 0 fully saturated rings. The first-order valence-corrected chi connectivity index (χ1v) is 5.95. The van der Waals surface area contributed by atoms with Crippen LogP contribution >= 0.6 is 0 Å². The van der Waals surface area contributed by atoms with Crippen LogP contribution in [-0.4, -0.2) is 61.3 Å². The number of nitrogens with two attached hydrogens (primary N) is 1. The van der Waals surface area contributed by atoms with Crippen LogP contribution in [0.25, 0.3) is 0 Å². The number of rotatable bonds is 10. The van der Waals surface area contributed by atoms with Crippen molar-refractivity contribution in [3.05, 3.63) is 0 Å². The summed E-state index contributed by atoms with van der Waals surface area (Å²) in [4.78, 5) is 44.3. The lowest BCUT2D eigenvalue weighted by atomic mass is 10.1. The van der Waals surface area contributed by atoms with E-state index in [0.29, 0.717) is 0 Å². The predicted octanol–water partition coefficient (Wildman–Crippen LogP) is -2.34. The highest BCUT2D eigenvalue weighted by Gasteiger charge is 2.26. The number of ether oxygens (including phenoxy) is 2. The summed E-state index contributed by atoms with van der Waals surface area (Å²) in [6, 6.07) is -2.82. The number of esters is 1. The molecule has 0 saturated heterocycles. The lowest BCUT2D eigenvalue weighted by Crippen LogP contribution is -2.50. The van der Waals surface area contributed by atoms with Crippen molar-refractivity contribution < 1.29 is 33.8 Å². The smallest absolute Gasteiger partial charge is 0.307 e. The number of aliphatic carboxylic acids is 1.